The lowest BCUT2D eigenvalue weighted by Gasteiger charge is -2.12. The maximum absolute atomic E-state index is 6.20. The molecule has 0 bridgehead atoms. The summed E-state index contributed by atoms with van der Waals surface area (Å²) in [4.78, 5) is 0. The molecular formula is C17H17Cl2NO. The number of halogens is 2. The summed E-state index contributed by atoms with van der Waals surface area (Å²) in [5.74, 6) is 0.498. The molecule has 0 aliphatic heterocycles. The van der Waals surface area contributed by atoms with Gasteiger partial charge in [0.2, 0.25) is 0 Å². The van der Waals surface area contributed by atoms with Crippen molar-refractivity contribution in [2.75, 3.05) is 11.9 Å². The summed E-state index contributed by atoms with van der Waals surface area (Å²) in [5.41, 5.74) is 3.28. The van der Waals surface area contributed by atoms with Crippen molar-refractivity contribution < 1.29 is 4.74 Å². The van der Waals surface area contributed by atoms with E-state index >= 15 is 0 Å². The molecule has 0 saturated carbocycles. The average molecular weight is 322 g/mol. The van der Waals surface area contributed by atoms with Gasteiger partial charge in [-0.3, -0.25) is 0 Å². The molecule has 0 fully saturated rings. The number of nitrogens with one attached hydrogen (secondary N) is 1. The summed E-state index contributed by atoms with van der Waals surface area (Å²) in [6.07, 6.45) is 1.65. The van der Waals surface area contributed by atoms with Crippen LogP contribution in [0.5, 0.6) is 5.75 Å². The zero-order valence-corrected chi connectivity index (χ0v) is 13.3. The van der Waals surface area contributed by atoms with Gasteiger partial charge in [0.05, 0.1) is 10.0 Å². The van der Waals surface area contributed by atoms with Gasteiger partial charge in [-0.2, -0.15) is 0 Å². The van der Waals surface area contributed by atoms with Crippen molar-refractivity contribution in [2.24, 2.45) is 0 Å². The molecule has 0 amide bonds. The van der Waals surface area contributed by atoms with E-state index in [0.717, 1.165) is 11.3 Å². The first-order valence-corrected chi connectivity index (χ1v) is 7.38. The molecule has 110 valence electrons. The minimum Gasteiger partial charge on any atom is -0.486 e. The van der Waals surface area contributed by atoms with Crippen LogP contribution in [0.2, 0.25) is 10.0 Å². The molecule has 21 heavy (non-hydrogen) atoms. The van der Waals surface area contributed by atoms with Crippen LogP contribution in [0, 0.1) is 6.92 Å². The molecule has 2 aromatic rings. The Hall–Kier alpha value is -1.64. The van der Waals surface area contributed by atoms with Gasteiger partial charge in [-0.05, 0) is 36.8 Å². The lowest BCUT2D eigenvalue weighted by Crippen LogP contribution is -2.01. The highest BCUT2D eigenvalue weighted by Crippen LogP contribution is 2.34. The second-order valence-electron chi connectivity index (χ2n) is 4.71. The van der Waals surface area contributed by atoms with Crippen LogP contribution < -0.4 is 10.1 Å². The molecule has 1 N–H and O–H groups in total. The van der Waals surface area contributed by atoms with Crippen LogP contribution in [0.4, 0.5) is 5.69 Å². The molecular weight excluding hydrogens is 305 g/mol. The van der Waals surface area contributed by atoms with E-state index < -0.39 is 0 Å². The summed E-state index contributed by atoms with van der Waals surface area (Å²) < 4.78 is 5.45. The van der Waals surface area contributed by atoms with Crippen LogP contribution in [0.15, 0.2) is 49.1 Å². The number of anilines is 1. The fourth-order valence-electron chi connectivity index (χ4n) is 1.87. The van der Waals surface area contributed by atoms with E-state index in [1.165, 1.54) is 5.56 Å². The molecule has 0 unspecified atom stereocenters. The number of hydrogen-bond donors (Lipinski definition) is 1. The topological polar surface area (TPSA) is 21.3 Å². The number of ether oxygens (including phenoxy) is 1. The maximum atomic E-state index is 6.20. The number of rotatable bonds is 6. The van der Waals surface area contributed by atoms with Gasteiger partial charge in [-0.1, -0.05) is 53.6 Å². The maximum Gasteiger partial charge on any atom is 0.156 e. The number of hydrogen-bond acceptors (Lipinski definition) is 2. The van der Waals surface area contributed by atoms with Crippen LogP contribution in [-0.2, 0) is 6.54 Å². The second kappa shape index (κ2) is 7.39. The number of aryl methyl sites for hydroxylation is 1. The lowest BCUT2D eigenvalue weighted by atomic mass is 10.2. The molecule has 0 heterocycles. The molecule has 2 aromatic carbocycles. The highest BCUT2D eigenvalue weighted by molar-refractivity contribution is 6.37. The van der Waals surface area contributed by atoms with Crippen molar-refractivity contribution in [3.05, 3.63) is 70.2 Å². The third-order valence-corrected chi connectivity index (χ3v) is 3.51. The van der Waals surface area contributed by atoms with Crippen molar-refractivity contribution in [2.45, 2.75) is 13.5 Å². The molecule has 0 spiro atoms. The van der Waals surface area contributed by atoms with Crippen LogP contribution in [0.3, 0.4) is 0 Å². The van der Waals surface area contributed by atoms with Crippen LogP contribution in [-0.4, -0.2) is 6.61 Å². The fraction of sp³-hybridized carbons (Fsp3) is 0.176. The Morgan fingerprint density at radius 3 is 2.33 bits per heavy atom. The van der Waals surface area contributed by atoms with Crippen LogP contribution in [0.25, 0.3) is 0 Å². The van der Waals surface area contributed by atoms with Crippen molar-refractivity contribution in [1.29, 1.82) is 0 Å². The zero-order valence-electron chi connectivity index (χ0n) is 11.8. The van der Waals surface area contributed by atoms with E-state index in [2.05, 4.69) is 31.0 Å². The highest BCUT2D eigenvalue weighted by Gasteiger charge is 2.09. The summed E-state index contributed by atoms with van der Waals surface area (Å²) >= 11 is 12.4. The molecule has 0 aliphatic rings. The summed E-state index contributed by atoms with van der Waals surface area (Å²) in [7, 11) is 0. The van der Waals surface area contributed by atoms with E-state index in [4.69, 9.17) is 27.9 Å². The van der Waals surface area contributed by atoms with Crippen molar-refractivity contribution in [3.63, 3.8) is 0 Å². The Labute approximate surface area is 135 Å². The minimum atomic E-state index is 0.375. The minimum absolute atomic E-state index is 0.375. The zero-order chi connectivity index (χ0) is 15.2. The first-order chi connectivity index (χ1) is 10.1. The SMILES string of the molecule is C=CCOc1c(Cl)cc(CNc2ccc(C)cc2)cc1Cl. The molecule has 0 aromatic heterocycles. The monoisotopic (exact) mass is 321 g/mol. The van der Waals surface area contributed by atoms with Crippen molar-refractivity contribution in [1.82, 2.24) is 0 Å². The lowest BCUT2D eigenvalue weighted by molar-refractivity contribution is 0.363. The Balaban J connectivity index is 2.07. The molecule has 2 nitrogen and oxygen atoms in total. The normalized spacial score (nSPS) is 10.2. The predicted octanol–water partition coefficient (Wildman–Crippen LogP) is 5.48. The molecule has 0 saturated heterocycles. The Bertz CT molecular complexity index is 600. The second-order valence-corrected chi connectivity index (χ2v) is 5.52. The fourth-order valence-corrected chi connectivity index (χ4v) is 2.51. The van der Waals surface area contributed by atoms with Gasteiger partial charge < -0.3 is 10.1 Å². The third kappa shape index (κ3) is 4.42. The van der Waals surface area contributed by atoms with Crippen LogP contribution >= 0.6 is 23.2 Å². The molecule has 2 rings (SSSR count). The van der Waals surface area contributed by atoms with Gasteiger partial charge in [0.15, 0.2) is 5.75 Å². The Morgan fingerprint density at radius 1 is 1.14 bits per heavy atom. The first-order valence-electron chi connectivity index (χ1n) is 6.62. The summed E-state index contributed by atoms with van der Waals surface area (Å²) in [6.45, 7) is 6.68. The average Bonchev–Trinajstić information content (AvgIpc) is 2.46. The van der Waals surface area contributed by atoms with E-state index in [1.807, 2.05) is 24.3 Å². The highest BCUT2D eigenvalue weighted by atomic mass is 35.5. The Kier molecular flexibility index (Phi) is 5.54. The smallest absolute Gasteiger partial charge is 0.156 e. The first kappa shape index (κ1) is 15.7. The quantitative estimate of drug-likeness (QED) is 0.711. The number of benzene rings is 2. The van der Waals surface area contributed by atoms with Crippen LogP contribution in [0.1, 0.15) is 11.1 Å². The van der Waals surface area contributed by atoms with E-state index in [0.29, 0.717) is 28.9 Å². The van der Waals surface area contributed by atoms with Gasteiger partial charge in [0, 0.05) is 12.2 Å². The molecule has 0 aliphatic carbocycles. The van der Waals surface area contributed by atoms with Gasteiger partial charge in [-0.15, -0.1) is 0 Å². The molecule has 0 radical (unpaired) electrons. The van der Waals surface area contributed by atoms with Gasteiger partial charge >= 0.3 is 0 Å². The largest absolute Gasteiger partial charge is 0.486 e. The summed E-state index contributed by atoms with van der Waals surface area (Å²) in [6, 6.07) is 11.9. The van der Waals surface area contributed by atoms with Crippen molar-refractivity contribution >= 4 is 28.9 Å². The van der Waals surface area contributed by atoms with E-state index in [9.17, 15) is 0 Å². The van der Waals surface area contributed by atoms with Gasteiger partial charge in [-0.25, -0.2) is 0 Å². The molecule has 4 heteroatoms. The van der Waals surface area contributed by atoms with Gasteiger partial charge in [0.1, 0.15) is 6.61 Å². The van der Waals surface area contributed by atoms with Gasteiger partial charge in [0.25, 0.3) is 0 Å². The van der Waals surface area contributed by atoms with Crippen molar-refractivity contribution in [3.8, 4) is 5.75 Å². The molecule has 0 atom stereocenters. The standard InChI is InChI=1S/C17H17Cl2NO/c1-3-8-21-17-15(18)9-13(10-16(17)19)11-20-14-6-4-12(2)5-7-14/h3-7,9-10,20H,1,8,11H2,2H3. The van der Waals surface area contributed by atoms with E-state index in [1.54, 1.807) is 6.08 Å². The Morgan fingerprint density at radius 2 is 1.76 bits per heavy atom. The predicted molar refractivity (Wildman–Crippen MR) is 90.7 cm³/mol. The summed E-state index contributed by atoms with van der Waals surface area (Å²) in [5, 5.41) is 4.34. The van der Waals surface area contributed by atoms with E-state index in [-0.39, 0.29) is 0 Å². The third-order valence-electron chi connectivity index (χ3n) is 2.95.